The highest BCUT2D eigenvalue weighted by Gasteiger charge is 2.19. The van der Waals surface area contributed by atoms with Crippen LogP contribution in [0.4, 0.5) is 0 Å². The van der Waals surface area contributed by atoms with Gasteiger partial charge in [-0.05, 0) is 30.7 Å². The van der Waals surface area contributed by atoms with Gasteiger partial charge in [-0.25, -0.2) is 0 Å². The quantitative estimate of drug-likeness (QED) is 0.734. The van der Waals surface area contributed by atoms with Crippen LogP contribution >= 0.6 is 0 Å². The van der Waals surface area contributed by atoms with Crippen LogP contribution in [0.25, 0.3) is 0 Å². The minimum absolute atomic E-state index is 0.139. The zero-order chi connectivity index (χ0) is 15.8. The molecule has 2 rings (SSSR count). The molecular weight excluding hydrogens is 284 g/mol. The van der Waals surface area contributed by atoms with Crippen LogP contribution in [0, 0.1) is 0 Å². The lowest BCUT2D eigenvalue weighted by atomic mass is 10.2. The van der Waals surface area contributed by atoms with E-state index >= 15 is 0 Å². The topological polar surface area (TPSA) is 72.6 Å². The fourth-order valence-electron chi connectivity index (χ4n) is 1.98. The molecule has 0 radical (unpaired) electrons. The van der Waals surface area contributed by atoms with Gasteiger partial charge in [0.05, 0.1) is 19.3 Å². The second kappa shape index (κ2) is 7.97. The number of carbonyl (C=O) groups excluding carboxylic acids is 2. The number of hydrogen-bond donors (Lipinski definition) is 0. The Hall–Kier alpha value is -2.63. The summed E-state index contributed by atoms with van der Waals surface area (Å²) in [7, 11) is 0. The molecule has 0 bridgehead atoms. The van der Waals surface area contributed by atoms with Gasteiger partial charge in [0.2, 0.25) is 0 Å². The fraction of sp³-hybridized carbons (Fsp3) is 0.312. The highest BCUT2D eigenvalue weighted by molar-refractivity contribution is 5.91. The second-order valence-corrected chi connectivity index (χ2v) is 4.62. The SMILES string of the molecule is CCOC(=O)CCN(Cc1cccnc1)C(=O)c1ccco1. The maximum atomic E-state index is 12.4. The Bertz CT molecular complexity index is 596. The Labute approximate surface area is 128 Å². The fourth-order valence-corrected chi connectivity index (χ4v) is 1.98. The highest BCUT2D eigenvalue weighted by Crippen LogP contribution is 2.11. The largest absolute Gasteiger partial charge is 0.466 e. The van der Waals surface area contributed by atoms with Gasteiger partial charge >= 0.3 is 5.97 Å². The van der Waals surface area contributed by atoms with E-state index in [9.17, 15) is 9.59 Å². The molecule has 6 nitrogen and oxygen atoms in total. The van der Waals surface area contributed by atoms with Gasteiger partial charge in [-0.1, -0.05) is 6.07 Å². The van der Waals surface area contributed by atoms with Crippen LogP contribution in [0.15, 0.2) is 47.3 Å². The molecule has 0 aromatic carbocycles. The minimum atomic E-state index is -0.328. The Morgan fingerprint density at radius 3 is 2.82 bits per heavy atom. The predicted octanol–water partition coefficient (Wildman–Crippen LogP) is 2.27. The van der Waals surface area contributed by atoms with Crippen molar-refractivity contribution in [1.29, 1.82) is 0 Å². The van der Waals surface area contributed by atoms with E-state index in [1.54, 1.807) is 42.4 Å². The minimum Gasteiger partial charge on any atom is -0.466 e. The molecule has 0 saturated carbocycles. The molecule has 0 N–H and O–H groups in total. The van der Waals surface area contributed by atoms with Gasteiger partial charge in [-0.2, -0.15) is 0 Å². The molecule has 22 heavy (non-hydrogen) atoms. The lowest BCUT2D eigenvalue weighted by Gasteiger charge is -2.21. The summed E-state index contributed by atoms with van der Waals surface area (Å²) in [4.78, 5) is 29.5. The molecule has 1 amide bonds. The monoisotopic (exact) mass is 302 g/mol. The lowest BCUT2D eigenvalue weighted by molar-refractivity contribution is -0.143. The summed E-state index contributed by atoms with van der Waals surface area (Å²) in [6.45, 7) is 2.69. The van der Waals surface area contributed by atoms with E-state index in [1.165, 1.54) is 6.26 Å². The molecule has 0 aliphatic carbocycles. The van der Waals surface area contributed by atoms with Crippen molar-refractivity contribution in [3.63, 3.8) is 0 Å². The van der Waals surface area contributed by atoms with Crippen molar-refractivity contribution < 1.29 is 18.7 Å². The van der Waals surface area contributed by atoms with Crippen LogP contribution in [0.2, 0.25) is 0 Å². The molecule has 0 fully saturated rings. The molecule has 0 spiro atoms. The number of nitrogens with zero attached hydrogens (tertiary/aromatic N) is 2. The first kappa shape index (κ1) is 15.8. The van der Waals surface area contributed by atoms with Crippen LogP contribution in [0.3, 0.4) is 0 Å². The van der Waals surface area contributed by atoms with Crippen molar-refractivity contribution in [1.82, 2.24) is 9.88 Å². The zero-order valence-corrected chi connectivity index (χ0v) is 12.4. The maximum absolute atomic E-state index is 12.4. The number of esters is 1. The second-order valence-electron chi connectivity index (χ2n) is 4.62. The number of amides is 1. The van der Waals surface area contributed by atoms with E-state index in [1.807, 2.05) is 6.07 Å². The molecule has 0 aliphatic rings. The van der Waals surface area contributed by atoms with Crippen LogP contribution in [-0.4, -0.2) is 34.9 Å². The number of carbonyl (C=O) groups is 2. The number of ether oxygens (including phenoxy) is 1. The molecule has 6 heteroatoms. The van der Waals surface area contributed by atoms with E-state index in [0.717, 1.165) is 5.56 Å². The van der Waals surface area contributed by atoms with Gasteiger partial charge < -0.3 is 14.1 Å². The van der Waals surface area contributed by atoms with Gasteiger partial charge in [0, 0.05) is 25.5 Å². The average Bonchev–Trinajstić information content (AvgIpc) is 3.06. The van der Waals surface area contributed by atoms with Gasteiger partial charge in [0.25, 0.3) is 5.91 Å². The third-order valence-electron chi connectivity index (χ3n) is 3.01. The maximum Gasteiger partial charge on any atom is 0.307 e. The Kier molecular flexibility index (Phi) is 5.71. The molecule has 2 aromatic heterocycles. The van der Waals surface area contributed by atoms with E-state index in [2.05, 4.69) is 4.98 Å². The first-order chi connectivity index (χ1) is 10.7. The lowest BCUT2D eigenvalue weighted by Crippen LogP contribution is -2.32. The zero-order valence-electron chi connectivity index (χ0n) is 12.4. The predicted molar refractivity (Wildman–Crippen MR) is 78.9 cm³/mol. The van der Waals surface area contributed by atoms with Crippen LogP contribution < -0.4 is 0 Å². The van der Waals surface area contributed by atoms with Crippen molar-refractivity contribution in [3.05, 3.63) is 54.2 Å². The van der Waals surface area contributed by atoms with Gasteiger partial charge in [-0.3, -0.25) is 14.6 Å². The Balaban J connectivity index is 2.06. The summed E-state index contributed by atoms with van der Waals surface area (Å²) in [6.07, 6.45) is 4.94. The molecular formula is C16H18N2O4. The number of rotatable bonds is 7. The van der Waals surface area contributed by atoms with E-state index in [-0.39, 0.29) is 30.6 Å². The van der Waals surface area contributed by atoms with Crippen molar-refractivity contribution in [2.45, 2.75) is 19.9 Å². The molecule has 2 aromatic rings. The first-order valence-corrected chi connectivity index (χ1v) is 7.08. The van der Waals surface area contributed by atoms with Gasteiger partial charge in [-0.15, -0.1) is 0 Å². The molecule has 0 unspecified atom stereocenters. The Morgan fingerprint density at radius 1 is 1.32 bits per heavy atom. The smallest absolute Gasteiger partial charge is 0.307 e. The first-order valence-electron chi connectivity index (χ1n) is 7.08. The van der Waals surface area contributed by atoms with Crippen LogP contribution in [0.5, 0.6) is 0 Å². The number of hydrogen-bond acceptors (Lipinski definition) is 5. The molecule has 116 valence electrons. The average molecular weight is 302 g/mol. The van der Waals surface area contributed by atoms with Gasteiger partial charge in [0.15, 0.2) is 5.76 Å². The number of pyridine rings is 1. The summed E-state index contributed by atoms with van der Waals surface area (Å²) < 4.78 is 10.0. The van der Waals surface area contributed by atoms with Crippen LogP contribution in [0.1, 0.15) is 29.5 Å². The molecule has 2 heterocycles. The van der Waals surface area contributed by atoms with E-state index < -0.39 is 0 Å². The van der Waals surface area contributed by atoms with Crippen LogP contribution in [-0.2, 0) is 16.1 Å². The van der Waals surface area contributed by atoms with Crippen molar-refractivity contribution in [2.24, 2.45) is 0 Å². The van der Waals surface area contributed by atoms with Gasteiger partial charge in [0.1, 0.15) is 0 Å². The summed E-state index contributed by atoms with van der Waals surface area (Å²) in [5, 5.41) is 0. The van der Waals surface area contributed by atoms with E-state index in [0.29, 0.717) is 13.2 Å². The van der Waals surface area contributed by atoms with Crippen molar-refractivity contribution >= 4 is 11.9 Å². The highest BCUT2D eigenvalue weighted by atomic mass is 16.5. The molecule has 0 aliphatic heterocycles. The summed E-state index contributed by atoms with van der Waals surface area (Å²) >= 11 is 0. The Morgan fingerprint density at radius 2 is 2.18 bits per heavy atom. The molecule has 0 saturated heterocycles. The van der Waals surface area contributed by atoms with Crippen molar-refractivity contribution in [2.75, 3.05) is 13.2 Å². The standard InChI is InChI=1S/C16H18N2O4/c1-2-21-15(19)7-9-18(12-13-5-3-8-17-11-13)16(20)14-6-4-10-22-14/h3-6,8,10-11H,2,7,9,12H2,1H3. The normalized spacial score (nSPS) is 10.2. The molecule has 0 atom stereocenters. The third kappa shape index (κ3) is 4.44. The van der Waals surface area contributed by atoms with Crippen molar-refractivity contribution in [3.8, 4) is 0 Å². The number of aromatic nitrogens is 1. The number of furan rings is 1. The summed E-state index contributed by atoms with van der Waals surface area (Å²) in [5.41, 5.74) is 0.881. The summed E-state index contributed by atoms with van der Waals surface area (Å²) in [6, 6.07) is 6.93. The van der Waals surface area contributed by atoms with E-state index in [4.69, 9.17) is 9.15 Å². The third-order valence-corrected chi connectivity index (χ3v) is 3.01. The summed E-state index contributed by atoms with van der Waals surface area (Å²) in [5.74, 6) is -0.350.